The SMILES string of the molecule is CC[C@@H](c1cc(OC)c(O)c([N+](=O)[O-])c1)N1CCNCC1.Cl.Cl. The maximum absolute atomic E-state index is 11.1. The molecule has 1 aromatic rings. The number of piperazine rings is 1. The molecule has 0 unspecified atom stereocenters. The molecule has 1 atom stereocenters. The van der Waals surface area contributed by atoms with Crippen LogP contribution in [-0.2, 0) is 0 Å². The highest BCUT2D eigenvalue weighted by Gasteiger charge is 2.26. The van der Waals surface area contributed by atoms with E-state index in [1.807, 2.05) is 0 Å². The number of nitrogens with zero attached hydrogens (tertiary/aromatic N) is 2. The number of rotatable bonds is 5. The summed E-state index contributed by atoms with van der Waals surface area (Å²) < 4.78 is 5.07. The highest BCUT2D eigenvalue weighted by Crippen LogP contribution is 2.40. The molecule has 2 N–H and O–H groups in total. The molecule has 0 aromatic heterocycles. The second-order valence-electron chi connectivity index (χ2n) is 5.06. The molecule has 1 aliphatic heterocycles. The van der Waals surface area contributed by atoms with Gasteiger partial charge in [-0.1, -0.05) is 6.92 Å². The molecule has 7 nitrogen and oxygen atoms in total. The van der Waals surface area contributed by atoms with E-state index in [1.54, 1.807) is 6.07 Å². The minimum atomic E-state index is -0.578. The van der Waals surface area contributed by atoms with Gasteiger partial charge in [-0.25, -0.2) is 0 Å². The molecular formula is C14H23Cl2N3O4. The summed E-state index contributed by atoms with van der Waals surface area (Å²) in [6.07, 6.45) is 0.838. The number of hydrogen-bond donors (Lipinski definition) is 2. The van der Waals surface area contributed by atoms with Crippen LogP contribution in [0.25, 0.3) is 0 Å². The third-order valence-electron chi connectivity index (χ3n) is 3.86. The summed E-state index contributed by atoms with van der Waals surface area (Å²) in [5, 5.41) is 24.2. The highest BCUT2D eigenvalue weighted by atomic mass is 35.5. The fourth-order valence-corrected chi connectivity index (χ4v) is 2.80. The molecule has 1 aromatic carbocycles. The van der Waals surface area contributed by atoms with E-state index in [2.05, 4.69) is 17.1 Å². The van der Waals surface area contributed by atoms with Crippen molar-refractivity contribution >= 4 is 30.5 Å². The van der Waals surface area contributed by atoms with E-state index >= 15 is 0 Å². The largest absolute Gasteiger partial charge is 0.500 e. The molecule has 1 heterocycles. The van der Waals surface area contributed by atoms with E-state index < -0.39 is 10.7 Å². The number of methoxy groups -OCH3 is 1. The maximum atomic E-state index is 11.1. The van der Waals surface area contributed by atoms with Crippen molar-refractivity contribution < 1.29 is 14.8 Å². The number of hydrogen-bond acceptors (Lipinski definition) is 6. The van der Waals surface area contributed by atoms with Crippen molar-refractivity contribution in [2.75, 3.05) is 33.3 Å². The first-order valence-corrected chi connectivity index (χ1v) is 7.08. The van der Waals surface area contributed by atoms with Crippen molar-refractivity contribution in [3.8, 4) is 11.5 Å². The third-order valence-corrected chi connectivity index (χ3v) is 3.86. The van der Waals surface area contributed by atoms with Crippen LogP contribution in [-0.4, -0.2) is 48.2 Å². The molecule has 0 bridgehead atoms. The number of phenols is 1. The molecule has 23 heavy (non-hydrogen) atoms. The predicted molar refractivity (Wildman–Crippen MR) is 93.3 cm³/mol. The summed E-state index contributed by atoms with van der Waals surface area (Å²) in [7, 11) is 1.40. The molecule has 1 aliphatic rings. The lowest BCUT2D eigenvalue weighted by Crippen LogP contribution is -2.45. The van der Waals surface area contributed by atoms with Crippen LogP contribution in [0.4, 0.5) is 5.69 Å². The van der Waals surface area contributed by atoms with Gasteiger partial charge in [0.15, 0.2) is 5.75 Å². The Balaban J connectivity index is 0.00000242. The molecule has 132 valence electrons. The van der Waals surface area contributed by atoms with Gasteiger partial charge in [0.25, 0.3) is 0 Å². The van der Waals surface area contributed by atoms with Gasteiger partial charge in [-0.2, -0.15) is 0 Å². The van der Waals surface area contributed by atoms with Crippen molar-refractivity contribution in [1.82, 2.24) is 10.2 Å². The molecule has 0 saturated carbocycles. The fraction of sp³-hybridized carbons (Fsp3) is 0.571. The van der Waals surface area contributed by atoms with Gasteiger partial charge in [0.1, 0.15) is 0 Å². The Labute approximate surface area is 148 Å². The Bertz CT molecular complexity index is 525. The van der Waals surface area contributed by atoms with Crippen molar-refractivity contribution in [1.29, 1.82) is 0 Å². The number of phenolic OH excluding ortho intramolecular Hbond substituents is 1. The van der Waals surface area contributed by atoms with Crippen LogP contribution in [0.3, 0.4) is 0 Å². The van der Waals surface area contributed by atoms with Gasteiger partial charge in [0.2, 0.25) is 5.75 Å². The summed E-state index contributed by atoms with van der Waals surface area (Å²) >= 11 is 0. The summed E-state index contributed by atoms with van der Waals surface area (Å²) in [5.74, 6) is -0.269. The zero-order chi connectivity index (χ0) is 15.4. The summed E-state index contributed by atoms with van der Waals surface area (Å²) in [5.41, 5.74) is 0.499. The lowest BCUT2D eigenvalue weighted by atomic mass is 10.0. The second-order valence-corrected chi connectivity index (χ2v) is 5.06. The minimum absolute atomic E-state index is 0. The van der Waals surface area contributed by atoms with Crippen LogP contribution in [0.15, 0.2) is 12.1 Å². The van der Waals surface area contributed by atoms with Crippen molar-refractivity contribution in [2.45, 2.75) is 19.4 Å². The average Bonchev–Trinajstić information content (AvgIpc) is 2.50. The van der Waals surface area contributed by atoms with Crippen molar-refractivity contribution in [3.05, 3.63) is 27.8 Å². The van der Waals surface area contributed by atoms with Gasteiger partial charge in [-0.3, -0.25) is 15.0 Å². The monoisotopic (exact) mass is 367 g/mol. The topological polar surface area (TPSA) is 87.9 Å². The number of nitro benzene ring substituents is 1. The van der Waals surface area contributed by atoms with E-state index in [9.17, 15) is 15.2 Å². The molecule has 0 radical (unpaired) electrons. The van der Waals surface area contributed by atoms with Crippen LogP contribution in [0.2, 0.25) is 0 Å². The molecule has 0 amide bonds. The number of benzene rings is 1. The number of halogens is 2. The Kier molecular flexibility index (Phi) is 9.23. The minimum Gasteiger partial charge on any atom is -0.500 e. The number of ether oxygens (including phenoxy) is 1. The molecule has 1 saturated heterocycles. The Morgan fingerprint density at radius 2 is 2.00 bits per heavy atom. The average molecular weight is 368 g/mol. The Morgan fingerprint density at radius 3 is 2.48 bits per heavy atom. The number of nitrogens with one attached hydrogen (secondary N) is 1. The quantitative estimate of drug-likeness (QED) is 0.613. The number of aromatic hydroxyl groups is 1. The van der Waals surface area contributed by atoms with E-state index in [-0.39, 0.29) is 42.3 Å². The molecule has 9 heteroatoms. The van der Waals surface area contributed by atoms with Crippen molar-refractivity contribution in [2.24, 2.45) is 0 Å². The lowest BCUT2D eigenvalue weighted by Gasteiger charge is -2.34. The molecule has 1 fully saturated rings. The van der Waals surface area contributed by atoms with Crippen LogP contribution in [0, 0.1) is 10.1 Å². The molecular weight excluding hydrogens is 345 g/mol. The Morgan fingerprint density at radius 1 is 1.39 bits per heavy atom. The van der Waals surface area contributed by atoms with Gasteiger partial charge in [0, 0.05) is 38.3 Å². The summed E-state index contributed by atoms with van der Waals surface area (Å²) in [6.45, 7) is 5.67. The van der Waals surface area contributed by atoms with Crippen LogP contribution in [0.1, 0.15) is 24.9 Å². The third kappa shape index (κ3) is 4.84. The van der Waals surface area contributed by atoms with E-state index in [1.165, 1.54) is 13.2 Å². The normalized spacial score (nSPS) is 15.9. The van der Waals surface area contributed by atoms with Gasteiger partial charge < -0.3 is 15.2 Å². The zero-order valence-corrected chi connectivity index (χ0v) is 14.8. The van der Waals surface area contributed by atoms with Crippen molar-refractivity contribution in [3.63, 3.8) is 0 Å². The predicted octanol–water partition coefficient (Wildman–Crippen LogP) is 2.51. The van der Waals surface area contributed by atoms with E-state index in [0.29, 0.717) is 0 Å². The maximum Gasteiger partial charge on any atom is 0.314 e. The van der Waals surface area contributed by atoms with E-state index in [4.69, 9.17) is 4.74 Å². The second kappa shape index (κ2) is 9.77. The van der Waals surface area contributed by atoms with Gasteiger partial charge in [0.05, 0.1) is 12.0 Å². The lowest BCUT2D eigenvalue weighted by molar-refractivity contribution is -0.386. The standard InChI is InChI=1S/C14H21N3O4.2ClH/c1-3-11(16-6-4-15-5-7-16)10-8-12(17(19)20)14(18)13(9-10)21-2;;/h8-9,11,15,18H,3-7H2,1-2H3;2*1H/t11-;;/m0../s1. The first-order valence-electron chi connectivity index (χ1n) is 7.08. The summed E-state index contributed by atoms with van der Waals surface area (Å²) in [4.78, 5) is 12.8. The molecule has 0 aliphatic carbocycles. The van der Waals surface area contributed by atoms with Crippen LogP contribution in [0.5, 0.6) is 11.5 Å². The molecule has 0 spiro atoms. The van der Waals surface area contributed by atoms with Crippen LogP contribution < -0.4 is 10.1 Å². The summed E-state index contributed by atoms with van der Waals surface area (Å²) in [6, 6.07) is 3.23. The van der Waals surface area contributed by atoms with Crippen LogP contribution >= 0.6 is 24.8 Å². The van der Waals surface area contributed by atoms with Gasteiger partial charge in [-0.05, 0) is 18.1 Å². The first-order chi connectivity index (χ1) is 10.1. The van der Waals surface area contributed by atoms with Gasteiger partial charge >= 0.3 is 5.69 Å². The Hall–Kier alpha value is -1.28. The first kappa shape index (κ1) is 21.7. The molecule has 2 rings (SSSR count). The zero-order valence-electron chi connectivity index (χ0n) is 13.2. The fourth-order valence-electron chi connectivity index (χ4n) is 2.80. The number of nitro groups is 1. The van der Waals surface area contributed by atoms with E-state index in [0.717, 1.165) is 38.2 Å². The highest BCUT2D eigenvalue weighted by molar-refractivity contribution is 5.85. The smallest absolute Gasteiger partial charge is 0.314 e. The van der Waals surface area contributed by atoms with Gasteiger partial charge in [-0.15, -0.1) is 24.8 Å².